The first-order valence-corrected chi connectivity index (χ1v) is 10.7. The molecule has 1 aliphatic heterocycles. The molecule has 0 saturated carbocycles. The monoisotopic (exact) mass is 414 g/mol. The number of benzene rings is 1. The molecule has 3 heterocycles. The Morgan fingerprint density at radius 3 is 2.79 bits per heavy atom. The number of thiophene rings is 1. The van der Waals surface area contributed by atoms with Crippen LogP contribution in [0.5, 0.6) is 0 Å². The lowest BCUT2D eigenvalue weighted by Crippen LogP contribution is -2.40. The van der Waals surface area contributed by atoms with Gasteiger partial charge in [0.15, 0.2) is 0 Å². The number of aryl methyl sites for hydroxylation is 1. The fraction of sp³-hybridized carbons (Fsp3) is 0.333. The molecule has 1 fully saturated rings. The maximum absolute atomic E-state index is 12.8. The van der Waals surface area contributed by atoms with E-state index in [9.17, 15) is 4.79 Å². The van der Waals surface area contributed by atoms with Gasteiger partial charge >= 0.3 is 0 Å². The zero-order valence-electron chi connectivity index (χ0n) is 15.8. The number of halogens is 1. The molecule has 1 atom stereocenters. The number of amides is 1. The highest BCUT2D eigenvalue weighted by Crippen LogP contribution is 2.26. The van der Waals surface area contributed by atoms with Crippen LogP contribution in [0.15, 0.2) is 48.8 Å². The van der Waals surface area contributed by atoms with E-state index < -0.39 is 0 Å². The van der Waals surface area contributed by atoms with Crippen LogP contribution in [-0.2, 0) is 11.3 Å². The Kier molecular flexibility index (Phi) is 5.80. The molecule has 28 heavy (non-hydrogen) atoms. The summed E-state index contributed by atoms with van der Waals surface area (Å²) >= 11 is 7.64. The Hall–Kier alpha value is -2.15. The van der Waals surface area contributed by atoms with E-state index in [1.807, 2.05) is 48.0 Å². The molecule has 1 saturated heterocycles. The number of nitrogens with zero attached hydrogens (tertiary/aromatic N) is 3. The summed E-state index contributed by atoms with van der Waals surface area (Å²) in [5.41, 5.74) is 1.86. The number of hydrogen-bond donors (Lipinski definition) is 1. The van der Waals surface area contributed by atoms with Crippen LogP contribution in [0.4, 0.5) is 5.69 Å². The molecule has 1 aromatic carbocycles. The molecule has 0 aliphatic carbocycles. The summed E-state index contributed by atoms with van der Waals surface area (Å²) in [5.74, 6) is 1.05. The van der Waals surface area contributed by atoms with E-state index in [1.54, 1.807) is 17.5 Å². The summed E-state index contributed by atoms with van der Waals surface area (Å²) in [6, 6.07) is 11.9. The van der Waals surface area contributed by atoms with Gasteiger partial charge in [0.25, 0.3) is 0 Å². The quantitative estimate of drug-likeness (QED) is 0.655. The van der Waals surface area contributed by atoms with Crippen molar-refractivity contribution >= 4 is 34.5 Å². The first kappa shape index (κ1) is 19.2. The van der Waals surface area contributed by atoms with Gasteiger partial charge in [-0.15, -0.1) is 11.3 Å². The van der Waals surface area contributed by atoms with Crippen molar-refractivity contribution in [3.63, 3.8) is 0 Å². The van der Waals surface area contributed by atoms with Gasteiger partial charge in [0, 0.05) is 41.7 Å². The number of likely N-dealkylation sites (tertiary alicyclic amines) is 1. The summed E-state index contributed by atoms with van der Waals surface area (Å²) in [5, 5.41) is 3.08. The van der Waals surface area contributed by atoms with E-state index in [0.29, 0.717) is 0 Å². The summed E-state index contributed by atoms with van der Waals surface area (Å²) in [6.07, 6.45) is 5.68. The second-order valence-corrected chi connectivity index (χ2v) is 8.96. The number of carbonyl (C=O) groups is 1. The van der Waals surface area contributed by atoms with Gasteiger partial charge in [-0.25, -0.2) is 4.98 Å². The van der Waals surface area contributed by atoms with Crippen molar-refractivity contribution in [2.75, 3.05) is 18.4 Å². The van der Waals surface area contributed by atoms with Gasteiger partial charge in [0.1, 0.15) is 5.82 Å². The molecule has 7 heteroatoms. The minimum Gasteiger partial charge on any atom is -0.326 e. The molecule has 4 rings (SSSR count). The van der Waals surface area contributed by atoms with Crippen molar-refractivity contribution in [1.82, 2.24) is 14.5 Å². The molecule has 2 aromatic heterocycles. The van der Waals surface area contributed by atoms with E-state index >= 15 is 0 Å². The number of anilines is 1. The van der Waals surface area contributed by atoms with Gasteiger partial charge in [-0.1, -0.05) is 11.6 Å². The summed E-state index contributed by atoms with van der Waals surface area (Å²) in [7, 11) is 0. The fourth-order valence-electron chi connectivity index (χ4n) is 3.67. The first-order chi connectivity index (χ1) is 13.6. The topological polar surface area (TPSA) is 50.2 Å². The van der Waals surface area contributed by atoms with Gasteiger partial charge in [0.2, 0.25) is 5.91 Å². The predicted octanol–water partition coefficient (Wildman–Crippen LogP) is 4.75. The smallest absolute Gasteiger partial charge is 0.228 e. The Morgan fingerprint density at radius 2 is 2.11 bits per heavy atom. The van der Waals surface area contributed by atoms with Crippen LogP contribution in [0.25, 0.3) is 5.69 Å². The van der Waals surface area contributed by atoms with E-state index in [0.717, 1.165) is 54.0 Å². The second-order valence-electron chi connectivity index (χ2n) is 7.16. The van der Waals surface area contributed by atoms with E-state index in [1.165, 1.54) is 4.88 Å². The molecule has 3 aromatic rings. The molecular weight excluding hydrogens is 392 g/mol. The first-order valence-electron chi connectivity index (χ1n) is 9.46. The van der Waals surface area contributed by atoms with Crippen molar-refractivity contribution in [3.8, 4) is 5.69 Å². The number of nitrogens with one attached hydrogen (secondary N) is 1. The minimum absolute atomic E-state index is 0.0137. The van der Waals surface area contributed by atoms with Crippen LogP contribution in [0.2, 0.25) is 4.34 Å². The van der Waals surface area contributed by atoms with Crippen LogP contribution in [0.1, 0.15) is 23.5 Å². The predicted molar refractivity (Wildman–Crippen MR) is 114 cm³/mol. The van der Waals surface area contributed by atoms with Crippen molar-refractivity contribution in [1.29, 1.82) is 0 Å². The van der Waals surface area contributed by atoms with Crippen molar-refractivity contribution in [3.05, 3.63) is 63.8 Å². The van der Waals surface area contributed by atoms with Crippen molar-refractivity contribution < 1.29 is 4.79 Å². The maximum Gasteiger partial charge on any atom is 0.228 e. The molecule has 5 nitrogen and oxygen atoms in total. The Balaban J connectivity index is 1.35. The number of carbonyl (C=O) groups excluding carboxylic acids is 1. The van der Waals surface area contributed by atoms with Crippen molar-refractivity contribution in [2.45, 2.75) is 26.3 Å². The Morgan fingerprint density at radius 1 is 1.29 bits per heavy atom. The lowest BCUT2D eigenvalue weighted by atomic mass is 9.97. The van der Waals surface area contributed by atoms with Crippen LogP contribution in [0.3, 0.4) is 0 Å². The lowest BCUT2D eigenvalue weighted by Gasteiger charge is -2.31. The highest BCUT2D eigenvalue weighted by molar-refractivity contribution is 7.16. The molecule has 0 radical (unpaired) electrons. The van der Waals surface area contributed by atoms with Crippen LogP contribution < -0.4 is 5.32 Å². The van der Waals surface area contributed by atoms with Gasteiger partial charge in [-0.3, -0.25) is 9.69 Å². The SMILES string of the molecule is Cc1nccn1-c1ccc(NC(=O)[C@H]2CCCN(Cc3ccc(Cl)s3)C2)cc1. The van der Waals surface area contributed by atoms with E-state index in [4.69, 9.17) is 11.6 Å². The Bertz CT molecular complexity index is 949. The average Bonchev–Trinajstić information content (AvgIpc) is 3.30. The van der Waals surface area contributed by atoms with Gasteiger partial charge < -0.3 is 9.88 Å². The van der Waals surface area contributed by atoms with Gasteiger partial charge in [-0.05, 0) is 62.7 Å². The highest BCUT2D eigenvalue weighted by Gasteiger charge is 2.26. The third-order valence-corrected chi connectivity index (χ3v) is 6.34. The highest BCUT2D eigenvalue weighted by atomic mass is 35.5. The maximum atomic E-state index is 12.8. The number of hydrogen-bond acceptors (Lipinski definition) is 4. The lowest BCUT2D eigenvalue weighted by molar-refractivity contribution is -0.121. The second kappa shape index (κ2) is 8.47. The van der Waals surface area contributed by atoms with Gasteiger partial charge in [0.05, 0.1) is 10.3 Å². The Labute approximate surface area is 174 Å². The molecule has 0 spiro atoms. The molecule has 0 bridgehead atoms. The normalized spacial score (nSPS) is 17.6. The summed E-state index contributed by atoms with van der Waals surface area (Å²) in [6.45, 7) is 4.64. The number of piperidine rings is 1. The largest absolute Gasteiger partial charge is 0.326 e. The van der Waals surface area contributed by atoms with Gasteiger partial charge in [-0.2, -0.15) is 0 Å². The molecule has 0 unspecified atom stereocenters. The number of aromatic nitrogens is 2. The molecule has 146 valence electrons. The van der Waals surface area contributed by atoms with Crippen LogP contribution in [0, 0.1) is 12.8 Å². The van der Waals surface area contributed by atoms with Crippen LogP contribution in [-0.4, -0.2) is 33.4 Å². The van der Waals surface area contributed by atoms with Crippen molar-refractivity contribution in [2.24, 2.45) is 5.92 Å². The summed E-state index contributed by atoms with van der Waals surface area (Å²) in [4.78, 5) is 20.6. The molecular formula is C21H23ClN4OS. The van der Waals surface area contributed by atoms with Crippen LogP contribution >= 0.6 is 22.9 Å². The third-order valence-electron chi connectivity index (χ3n) is 5.12. The third kappa shape index (κ3) is 4.46. The zero-order valence-corrected chi connectivity index (χ0v) is 17.3. The molecule has 1 N–H and O–H groups in total. The molecule has 1 aliphatic rings. The van der Waals surface area contributed by atoms with E-state index in [-0.39, 0.29) is 11.8 Å². The molecule has 1 amide bonds. The minimum atomic E-state index is 0.0137. The zero-order chi connectivity index (χ0) is 19.5. The average molecular weight is 415 g/mol. The fourth-order valence-corrected chi connectivity index (χ4v) is 4.80. The van der Waals surface area contributed by atoms with E-state index in [2.05, 4.69) is 21.3 Å². The standard InChI is InChI=1S/C21H23ClN4OS/c1-15-23-10-12-26(15)18-6-4-17(5-7-18)24-21(27)16-3-2-11-25(13-16)14-19-8-9-20(22)28-19/h4-10,12,16H,2-3,11,13-14H2,1H3,(H,24,27)/t16-/m0/s1. The number of rotatable bonds is 5. The number of imidazole rings is 1. The summed E-state index contributed by atoms with van der Waals surface area (Å²) < 4.78 is 2.83.